The van der Waals surface area contributed by atoms with E-state index in [2.05, 4.69) is 0 Å². The molecule has 3 atom stereocenters. The molecule has 1 fully saturated rings. The summed E-state index contributed by atoms with van der Waals surface area (Å²) in [5, 5.41) is 0. The van der Waals surface area contributed by atoms with Crippen LogP contribution in [0.2, 0.25) is 0 Å². The number of carbonyl (C=O) groups excluding carboxylic acids is 4. The number of carbonyl (C=O) groups is 4. The van der Waals surface area contributed by atoms with Crippen molar-refractivity contribution in [3.63, 3.8) is 0 Å². The zero-order valence-electron chi connectivity index (χ0n) is 10.7. The summed E-state index contributed by atoms with van der Waals surface area (Å²) in [6, 6.07) is 0. The molecule has 1 aliphatic heterocycles. The first kappa shape index (κ1) is 14.9. The highest BCUT2D eigenvalue weighted by molar-refractivity contribution is 5.82. The van der Waals surface area contributed by atoms with Crippen LogP contribution in [-0.2, 0) is 38.1 Å². The summed E-state index contributed by atoms with van der Waals surface area (Å²) in [7, 11) is 0. The van der Waals surface area contributed by atoms with Gasteiger partial charge in [0.2, 0.25) is 6.10 Å². The molecule has 8 heteroatoms. The number of cyclic esters (lactones) is 1. The van der Waals surface area contributed by atoms with Gasteiger partial charge in [-0.3, -0.25) is 14.4 Å². The van der Waals surface area contributed by atoms with Gasteiger partial charge in [0.25, 0.3) is 0 Å². The molecular weight excluding hydrogens is 260 g/mol. The topological polar surface area (TPSA) is 105 Å². The predicted octanol–water partition coefficient (Wildman–Crippen LogP) is -0.662. The number of hydrogen-bond donors (Lipinski definition) is 0. The number of hydrogen-bond acceptors (Lipinski definition) is 8. The molecule has 0 N–H and O–H groups in total. The van der Waals surface area contributed by atoms with Gasteiger partial charge in [0.1, 0.15) is 6.61 Å². The monoisotopic (exact) mass is 274 g/mol. The Morgan fingerprint density at radius 2 is 1.63 bits per heavy atom. The summed E-state index contributed by atoms with van der Waals surface area (Å²) in [5.41, 5.74) is 0. The molecule has 0 amide bonds. The average molecular weight is 274 g/mol. The minimum atomic E-state index is -1.35. The highest BCUT2D eigenvalue weighted by atomic mass is 16.7. The highest BCUT2D eigenvalue weighted by Crippen LogP contribution is 2.23. The first-order valence-electron chi connectivity index (χ1n) is 5.49. The lowest BCUT2D eigenvalue weighted by Gasteiger charge is -2.19. The Morgan fingerprint density at radius 1 is 1.05 bits per heavy atom. The van der Waals surface area contributed by atoms with E-state index in [-0.39, 0.29) is 6.61 Å². The number of rotatable bonds is 4. The van der Waals surface area contributed by atoms with Crippen molar-refractivity contribution in [3.05, 3.63) is 0 Å². The summed E-state index contributed by atoms with van der Waals surface area (Å²) in [4.78, 5) is 44.1. The van der Waals surface area contributed by atoms with Crippen molar-refractivity contribution < 1.29 is 38.1 Å². The second kappa shape index (κ2) is 6.17. The molecule has 0 saturated carbocycles. The standard InChI is InChI=1S/C11H14O8/c1-5(12)16-4-8-9(17-6(2)13)10(11(15)19-8)18-7(3)14/h8-10H,4H2,1-3H3. The molecule has 3 unspecified atom stereocenters. The summed E-state index contributed by atoms with van der Waals surface area (Å²) >= 11 is 0. The van der Waals surface area contributed by atoms with Crippen LogP contribution in [0.3, 0.4) is 0 Å². The van der Waals surface area contributed by atoms with Gasteiger partial charge >= 0.3 is 23.9 Å². The Kier molecular flexibility index (Phi) is 4.85. The van der Waals surface area contributed by atoms with E-state index in [1.54, 1.807) is 0 Å². The maximum atomic E-state index is 11.5. The van der Waals surface area contributed by atoms with Gasteiger partial charge in [0.15, 0.2) is 12.2 Å². The van der Waals surface area contributed by atoms with Gasteiger partial charge in [0, 0.05) is 20.8 Å². The van der Waals surface area contributed by atoms with E-state index in [9.17, 15) is 19.2 Å². The third-order valence-corrected chi connectivity index (χ3v) is 2.21. The molecule has 0 aliphatic carbocycles. The maximum absolute atomic E-state index is 11.5. The zero-order chi connectivity index (χ0) is 14.6. The fourth-order valence-corrected chi connectivity index (χ4v) is 1.56. The quantitative estimate of drug-likeness (QED) is 0.491. The van der Waals surface area contributed by atoms with Crippen LogP contribution in [0.15, 0.2) is 0 Å². The average Bonchev–Trinajstić information content (AvgIpc) is 2.53. The Labute approximate surface area is 108 Å². The van der Waals surface area contributed by atoms with Gasteiger partial charge in [0.05, 0.1) is 0 Å². The fourth-order valence-electron chi connectivity index (χ4n) is 1.56. The van der Waals surface area contributed by atoms with Gasteiger partial charge in [-0.1, -0.05) is 0 Å². The van der Waals surface area contributed by atoms with Crippen LogP contribution in [0, 0.1) is 0 Å². The van der Waals surface area contributed by atoms with E-state index in [0.717, 1.165) is 13.8 Å². The lowest BCUT2D eigenvalue weighted by atomic mass is 10.1. The van der Waals surface area contributed by atoms with Gasteiger partial charge in [-0.2, -0.15) is 0 Å². The molecular formula is C11H14O8. The van der Waals surface area contributed by atoms with Crippen LogP contribution in [-0.4, -0.2) is 48.8 Å². The Bertz CT molecular complexity index is 401. The van der Waals surface area contributed by atoms with E-state index in [4.69, 9.17) is 18.9 Å². The highest BCUT2D eigenvalue weighted by Gasteiger charge is 2.50. The second-order valence-corrected chi connectivity index (χ2v) is 3.88. The fraction of sp³-hybridized carbons (Fsp3) is 0.636. The SMILES string of the molecule is CC(=O)OCC1OC(=O)C(OC(C)=O)C1OC(C)=O. The van der Waals surface area contributed by atoms with Gasteiger partial charge in [-0.25, -0.2) is 4.79 Å². The lowest BCUT2D eigenvalue weighted by Crippen LogP contribution is -2.40. The van der Waals surface area contributed by atoms with Crippen molar-refractivity contribution in [2.24, 2.45) is 0 Å². The van der Waals surface area contributed by atoms with Crippen molar-refractivity contribution in [1.82, 2.24) is 0 Å². The summed E-state index contributed by atoms with van der Waals surface area (Å²) < 4.78 is 19.2. The second-order valence-electron chi connectivity index (χ2n) is 3.88. The normalized spacial score (nSPS) is 25.4. The van der Waals surface area contributed by atoms with Crippen molar-refractivity contribution in [3.8, 4) is 0 Å². The largest absolute Gasteiger partial charge is 0.462 e. The van der Waals surface area contributed by atoms with E-state index in [1.807, 2.05) is 0 Å². The summed E-state index contributed by atoms with van der Waals surface area (Å²) in [6.45, 7) is 3.14. The minimum Gasteiger partial charge on any atom is -0.462 e. The van der Waals surface area contributed by atoms with Crippen molar-refractivity contribution in [2.45, 2.75) is 39.1 Å². The molecule has 0 bridgehead atoms. The van der Waals surface area contributed by atoms with Crippen molar-refractivity contribution in [1.29, 1.82) is 0 Å². The number of esters is 4. The third kappa shape index (κ3) is 4.23. The molecule has 1 rings (SSSR count). The first-order valence-corrected chi connectivity index (χ1v) is 5.49. The Hall–Kier alpha value is -2.12. The third-order valence-electron chi connectivity index (χ3n) is 2.21. The lowest BCUT2D eigenvalue weighted by molar-refractivity contribution is -0.166. The molecule has 0 aromatic heterocycles. The van der Waals surface area contributed by atoms with Crippen LogP contribution < -0.4 is 0 Å². The molecule has 0 aromatic carbocycles. The maximum Gasteiger partial charge on any atom is 0.352 e. The molecule has 0 spiro atoms. The summed E-state index contributed by atoms with van der Waals surface area (Å²) in [5.74, 6) is -2.81. The van der Waals surface area contributed by atoms with Crippen LogP contribution in [0.25, 0.3) is 0 Å². The zero-order valence-corrected chi connectivity index (χ0v) is 10.7. The molecule has 0 radical (unpaired) electrons. The smallest absolute Gasteiger partial charge is 0.352 e. The van der Waals surface area contributed by atoms with Crippen LogP contribution in [0.5, 0.6) is 0 Å². The van der Waals surface area contributed by atoms with Crippen LogP contribution >= 0.6 is 0 Å². The predicted molar refractivity (Wildman–Crippen MR) is 57.6 cm³/mol. The molecule has 1 saturated heterocycles. The van der Waals surface area contributed by atoms with Crippen molar-refractivity contribution >= 4 is 23.9 Å². The molecule has 0 aromatic rings. The van der Waals surface area contributed by atoms with E-state index < -0.39 is 42.2 Å². The molecule has 19 heavy (non-hydrogen) atoms. The van der Waals surface area contributed by atoms with Crippen molar-refractivity contribution in [2.75, 3.05) is 6.61 Å². The summed E-state index contributed by atoms with van der Waals surface area (Å²) in [6.07, 6.45) is -3.47. The Balaban J connectivity index is 2.79. The van der Waals surface area contributed by atoms with E-state index in [1.165, 1.54) is 6.92 Å². The molecule has 1 aliphatic rings. The Morgan fingerprint density at radius 3 is 2.11 bits per heavy atom. The van der Waals surface area contributed by atoms with Crippen LogP contribution in [0.1, 0.15) is 20.8 Å². The van der Waals surface area contributed by atoms with Gasteiger partial charge < -0.3 is 18.9 Å². The van der Waals surface area contributed by atoms with Crippen LogP contribution in [0.4, 0.5) is 0 Å². The first-order chi connectivity index (χ1) is 8.81. The molecule has 1 heterocycles. The van der Waals surface area contributed by atoms with Gasteiger partial charge in [-0.05, 0) is 0 Å². The van der Waals surface area contributed by atoms with E-state index >= 15 is 0 Å². The van der Waals surface area contributed by atoms with E-state index in [0.29, 0.717) is 0 Å². The number of ether oxygens (including phenoxy) is 4. The molecule has 8 nitrogen and oxygen atoms in total. The van der Waals surface area contributed by atoms with Gasteiger partial charge in [-0.15, -0.1) is 0 Å². The molecule has 106 valence electrons. The minimum absolute atomic E-state index is 0.281.